The minimum absolute atomic E-state index is 0.138. The van der Waals surface area contributed by atoms with E-state index in [4.69, 9.17) is 14.2 Å². The summed E-state index contributed by atoms with van der Waals surface area (Å²) in [5.74, 6) is 0.690. The Labute approximate surface area is 164 Å². The SMILES string of the molecule is CCC1(CC)NC(=O)N(CC(=O)NCc2cc(OC)c(OC)cc2OC)C1=O. The average molecular weight is 393 g/mol. The molecule has 1 aliphatic rings. The Kier molecular flexibility index (Phi) is 6.71. The summed E-state index contributed by atoms with van der Waals surface area (Å²) in [6.45, 7) is 3.45. The number of urea groups is 1. The number of nitrogens with one attached hydrogen (secondary N) is 2. The molecule has 1 aromatic rings. The van der Waals surface area contributed by atoms with Gasteiger partial charge in [0, 0.05) is 18.2 Å². The lowest BCUT2D eigenvalue weighted by Crippen LogP contribution is -2.46. The summed E-state index contributed by atoms with van der Waals surface area (Å²) in [6, 6.07) is 2.81. The molecule has 0 radical (unpaired) electrons. The number of carbonyl (C=O) groups excluding carboxylic acids is 3. The molecular weight excluding hydrogens is 366 g/mol. The maximum atomic E-state index is 12.6. The summed E-state index contributed by atoms with van der Waals surface area (Å²) in [7, 11) is 4.54. The highest BCUT2D eigenvalue weighted by molar-refractivity contribution is 6.08. The van der Waals surface area contributed by atoms with E-state index < -0.39 is 17.5 Å². The largest absolute Gasteiger partial charge is 0.496 e. The predicted molar refractivity (Wildman–Crippen MR) is 102 cm³/mol. The van der Waals surface area contributed by atoms with Crippen LogP contribution in [0.5, 0.6) is 17.2 Å². The minimum atomic E-state index is -0.927. The third-order valence-corrected chi connectivity index (χ3v) is 5.02. The highest BCUT2D eigenvalue weighted by Gasteiger charge is 2.49. The monoisotopic (exact) mass is 393 g/mol. The number of nitrogens with zero attached hydrogens (tertiary/aromatic N) is 1. The zero-order valence-electron chi connectivity index (χ0n) is 16.9. The molecule has 4 amide bonds. The minimum Gasteiger partial charge on any atom is -0.496 e. The first-order valence-electron chi connectivity index (χ1n) is 9.05. The van der Waals surface area contributed by atoms with Crippen molar-refractivity contribution in [3.8, 4) is 17.2 Å². The van der Waals surface area contributed by atoms with Crippen molar-refractivity contribution in [2.75, 3.05) is 27.9 Å². The molecule has 28 heavy (non-hydrogen) atoms. The lowest BCUT2D eigenvalue weighted by atomic mass is 9.93. The van der Waals surface area contributed by atoms with Crippen LogP contribution in [0.2, 0.25) is 0 Å². The molecule has 0 atom stereocenters. The molecule has 0 aromatic heterocycles. The van der Waals surface area contributed by atoms with Crippen LogP contribution < -0.4 is 24.8 Å². The molecule has 1 heterocycles. The maximum Gasteiger partial charge on any atom is 0.325 e. The number of ether oxygens (including phenoxy) is 3. The van der Waals surface area contributed by atoms with Gasteiger partial charge in [0.05, 0.1) is 21.3 Å². The molecule has 0 bridgehead atoms. The topological polar surface area (TPSA) is 106 Å². The fourth-order valence-corrected chi connectivity index (χ4v) is 3.17. The van der Waals surface area contributed by atoms with Gasteiger partial charge in [-0.3, -0.25) is 14.5 Å². The zero-order chi connectivity index (χ0) is 20.9. The lowest BCUT2D eigenvalue weighted by Gasteiger charge is -2.23. The fraction of sp³-hybridized carbons (Fsp3) is 0.526. The predicted octanol–water partition coefficient (Wildman–Crippen LogP) is 1.44. The number of hydrogen-bond acceptors (Lipinski definition) is 6. The van der Waals surface area contributed by atoms with Gasteiger partial charge < -0.3 is 24.8 Å². The van der Waals surface area contributed by atoms with Crippen LogP contribution >= 0.6 is 0 Å². The van der Waals surface area contributed by atoms with Gasteiger partial charge in [0.1, 0.15) is 17.8 Å². The summed E-state index contributed by atoms with van der Waals surface area (Å²) in [4.78, 5) is 38.0. The van der Waals surface area contributed by atoms with E-state index in [1.807, 2.05) is 13.8 Å². The van der Waals surface area contributed by atoms with Gasteiger partial charge in [-0.15, -0.1) is 0 Å². The Morgan fingerprint density at radius 1 is 1.04 bits per heavy atom. The molecule has 1 aliphatic heterocycles. The van der Waals surface area contributed by atoms with E-state index in [1.54, 1.807) is 12.1 Å². The van der Waals surface area contributed by atoms with Crippen molar-refractivity contribution in [1.29, 1.82) is 0 Å². The van der Waals surface area contributed by atoms with Crippen molar-refractivity contribution in [3.05, 3.63) is 17.7 Å². The number of benzene rings is 1. The summed E-state index contributed by atoms with van der Waals surface area (Å²) in [6.07, 6.45) is 0.935. The molecule has 9 nitrogen and oxygen atoms in total. The van der Waals surface area contributed by atoms with Crippen LogP contribution in [0.1, 0.15) is 32.3 Å². The van der Waals surface area contributed by atoms with Crippen molar-refractivity contribution < 1.29 is 28.6 Å². The van der Waals surface area contributed by atoms with E-state index in [0.29, 0.717) is 35.7 Å². The molecule has 0 unspecified atom stereocenters. The van der Waals surface area contributed by atoms with E-state index in [2.05, 4.69) is 10.6 Å². The van der Waals surface area contributed by atoms with Gasteiger partial charge in [0.25, 0.3) is 5.91 Å². The third-order valence-electron chi connectivity index (χ3n) is 5.02. The van der Waals surface area contributed by atoms with Crippen LogP contribution in [-0.4, -0.2) is 56.2 Å². The number of rotatable bonds is 9. The van der Waals surface area contributed by atoms with E-state index in [0.717, 1.165) is 4.90 Å². The zero-order valence-corrected chi connectivity index (χ0v) is 16.9. The van der Waals surface area contributed by atoms with Gasteiger partial charge in [-0.25, -0.2) is 4.79 Å². The second kappa shape index (κ2) is 8.81. The Bertz CT molecular complexity index is 760. The molecule has 9 heteroatoms. The van der Waals surface area contributed by atoms with Crippen molar-refractivity contribution in [1.82, 2.24) is 15.5 Å². The quantitative estimate of drug-likeness (QED) is 0.615. The van der Waals surface area contributed by atoms with Crippen LogP contribution in [-0.2, 0) is 16.1 Å². The average Bonchev–Trinajstić information content (AvgIpc) is 2.95. The summed E-state index contributed by atoms with van der Waals surface area (Å²) < 4.78 is 15.8. The number of carbonyl (C=O) groups is 3. The number of amides is 4. The second-order valence-corrected chi connectivity index (χ2v) is 6.41. The van der Waals surface area contributed by atoms with E-state index in [1.165, 1.54) is 21.3 Å². The summed E-state index contributed by atoms with van der Waals surface area (Å²) >= 11 is 0. The van der Waals surface area contributed by atoms with Crippen LogP contribution in [0, 0.1) is 0 Å². The van der Waals surface area contributed by atoms with Crippen LogP contribution in [0.15, 0.2) is 12.1 Å². The van der Waals surface area contributed by atoms with E-state index in [-0.39, 0.29) is 19.0 Å². The van der Waals surface area contributed by atoms with Gasteiger partial charge in [0.2, 0.25) is 5.91 Å². The third kappa shape index (κ3) is 3.97. The first-order chi connectivity index (χ1) is 13.3. The van der Waals surface area contributed by atoms with Crippen LogP contribution in [0.3, 0.4) is 0 Å². The Hall–Kier alpha value is -2.97. The Morgan fingerprint density at radius 3 is 2.11 bits per heavy atom. The molecule has 1 saturated heterocycles. The van der Waals surface area contributed by atoms with Gasteiger partial charge >= 0.3 is 6.03 Å². The first-order valence-corrected chi connectivity index (χ1v) is 9.05. The molecule has 2 N–H and O–H groups in total. The Morgan fingerprint density at radius 2 is 1.61 bits per heavy atom. The van der Waals surface area contributed by atoms with Gasteiger partial charge in [-0.05, 0) is 18.9 Å². The number of methoxy groups -OCH3 is 3. The number of imide groups is 1. The normalized spacial score (nSPS) is 15.2. The van der Waals surface area contributed by atoms with Crippen LogP contribution in [0.25, 0.3) is 0 Å². The molecule has 0 spiro atoms. The van der Waals surface area contributed by atoms with E-state index >= 15 is 0 Å². The highest BCUT2D eigenvalue weighted by atomic mass is 16.5. The standard InChI is InChI=1S/C19H27N3O6/c1-6-19(7-2)17(24)22(18(25)21-19)11-16(23)20-10-12-8-14(27-4)15(28-5)9-13(12)26-3/h8-9H,6-7,10-11H2,1-5H3,(H,20,23)(H,21,25). The maximum absolute atomic E-state index is 12.6. The Balaban J connectivity index is 2.07. The van der Waals surface area contributed by atoms with Crippen molar-refractivity contribution in [3.63, 3.8) is 0 Å². The first kappa shape index (κ1) is 21.3. The molecule has 0 saturated carbocycles. The lowest BCUT2D eigenvalue weighted by molar-refractivity contribution is -0.135. The molecule has 1 aromatic carbocycles. The fourth-order valence-electron chi connectivity index (χ4n) is 3.17. The summed E-state index contributed by atoms with van der Waals surface area (Å²) in [5.41, 5.74) is -0.258. The van der Waals surface area contributed by atoms with Crippen molar-refractivity contribution >= 4 is 17.8 Å². The molecule has 1 fully saturated rings. The highest BCUT2D eigenvalue weighted by Crippen LogP contribution is 2.34. The van der Waals surface area contributed by atoms with Crippen LogP contribution in [0.4, 0.5) is 4.79 Å². The molecule has 0 aliphatic carbocycles. The van der Waals surface area contributed by atoms with Gasteiger partial charge in [0.15, 0.2) is 11.5 Å². The second-order valence-electron chi connectivity index (χ2n) is 6.41. The molecule has 154 valence electrons. The van der Waals surface area contributed by atoms with Crippen molar-refractivity contribution in [2.45, 2.75) is 38.8 Å². The van der Waals surface area contributed by atoms with Gasteiger partial charge in [-0.2, -0.15) is 0 Å². The number of hydrogen-bond donors (Lipinski definition) is 2. The summed E-state index contributed by atoms with van der Waals surface area (Å²) in [5, 5.41) is 5.40. The molecular formula is C19H27N3O6. The van der Waals surface area contributed by atoms with Gasteiger partial charge in [-0.1, -0.05) is 13.8 Å². The molecule has 2 rings (SSSR count). The van der Waals surface area contributed by atoms with Crippen molar-refractivity contribution in [2.24, 2.45) is 0 Å². The van der Waals surface area contributed by atoms with E-state index in [9.17, 15) is 14.4 Å². The smallest absolute Gasteiger partial charge is 0.325 e.